The van der Waals surface area contributed by atoms with Crippen LogP contribution in [-0.4, -0.2) is 10.9 Å². The number of phenols is 1. The monoisotopic (exact) mass is 279 g/mol. The smallest absolute Gasteiger partial charge is 0.170 e. The van der Waals surface area contributed by atoms with Crippen LogP contribution in [0, 0.1) is 13.8 Å². The van der Waals surface area contributed by atoms with Crippen LogP contribution in [0.25, 0.3) is 0 Å². The fourth-order valence-corrected chi connectivity index (χ4v) is 2.43. The Labute approximate surface area is 124 Å². The van der Waals surface area contributed by atoms with E-state index in [9.17, 15) is 5.11 Å². The van der Waals surface area contributed by atoms with Gasteiger partial charge in [0.05, 0.1) is 11.3 Å². The molecule has 1 aliphatic heterocycles. The van der Waals surface area contributed by atoms with Gasteiger partial charge < -0.3 is 5.11 Å². The lowest BCUT2D eigenvalue weighted by atomic mass is 10.1. The topological polar surface area (TPSA) is 47.9 Å². The fraction of sp³-hybridized carbons (Fsp3) is 0.118. The molecule has 4 heteroatoms. The molecule has 0 aliphatic carbocycles. The highest BCUT2D eigenvalue weighted by atomic mass is 16.3. The van der Waals surface area contributed by atoms with E-state index in [0.29, 0.717) is 17.2 Å². The van der Waals surface area contributed by atoms with Crippen molar-refractivity contribution in [1.82, 2.24) is 5.43 Å². The van der Waals surface area contributed by atoms with Crippen LogP contribution in [0.1, 0.15) is 16.7 Å². The molecule has 2 aromatic carbocycles. The average molecular weight is 279 g/mol. The Kier molecular flexibility index (Phi) is 3.14. The number of hydrazone groups is 1. The minimum absolute atomic E-state index is 0.197. The van der Waals surface area contributed by atoms with Crippen molar-refractivity contribution >= 4 is 11.5 Å². The summed E-state index contributed by atoms with van der Waals surface area (Å²) in [4.78, 5) is 1.93. The molecule has 2 aromatic rings. The summed E-state index contributed by atoms with van der Waals surface area (Å²) in [6, 6.07) is 13.3. The van der Waals surface area contributed by atoms with Gasteiger partial charge >= 0.3 is 0 Å². The molecule has 4 nitrogen and oxygen atoms in total. The van der Waals surface area contributed by atoms with Gasteiger partial charge in [-0.2, -0.15) is 5.10 Å². The van der Waals surface area contributed by atoms with Gasteiger partial charge in [0.2, 0.25) is 0 Å². The van der Waals surface area contributed by atoms with Crippen LogP contribution in [0.15, 0.2) is 60.0 Å². The first-order chi connectivity index (χ1) is 10.1. The summed E-state index contributed by atoms with van der Waals surface area (Å²) in [5.41, 5.74) is 6.93. The molecule has 0 fully saturated rings. The predicted octanol–water partition coefficient (Wildman–Crippen LogP) is 3.25. The molecule has 1 heterocycles. The maximum atomic E-state index is 10.1. The number of amidine groups is 1. The van der Waals surface area contributed by atoms with Crippen molar-refractivity contribution in [3.63, 3.8) is 0 Å². The number of rotatable bonds is 2. The Bertz CT molecular complexity index is 749. The van der Waals surface area contributed by atoms with Crippen molar-refractivity contribution in [3.05, 3.63) is 71.6 Å². The summed E-state index contributed by atoms with van der Waals surface area (Å²) in [5.74, 6) is 1.51. The number of phenolic OH excluding ortho intramolecular Hbond substituents is 1. The minimum atomic E-state index is 0.197. The fourth-order valence-electron chi connectivity index (χ4n) is 2.43. The molecule has 0 saturated heterocycles. The SMILES string of the molecule is C=C1NN=C(c2ccccc2O)N1c1cccc(C)c1C. The summed E-state index contributed by atoms with van der Waals surface area (Å²) < 4.78 is 0. The molecule has 0 unspecified atom stereocenters. The van der Waals surface area contributed by atoms with Crippen LogP contribution in [0.5, 0.6) is 5.75 Å². The number of aryl methyl sites for hydroxylation is 1. The molecule has 1 aliphatic rings. The first-order valence-electron chi connectivity index (χ1n) is 6.77. The zero-order chi connectivity index (χ0) is 15.0. The number of nitrogens with one attached hydrogen (secondary N) is 1. The van der Waals surface area contributed by atoms with Crippen molar-refractivity contribution in [2.24, 2.45) is 5.10 Å². The van der Waals surface area contributed by atoms with E-state index in [-0.39, 0.29) is 5.75 Å². The molecule has 0 bridgehead atoms. The summed E-state index contributed by atoms with van der Waals surface area (Å²) in [7, 11) is 0. The van der Waals surface area contributed by atoms with Crippen LogP contribution in [-0.2, 0) is 0 Å². The average Bonchev–Trinajstić information content (AvgIpc) is 2.84. The first kappa shape index (κ1) is 13.2. The maximum Gasteiger partial charge on any atom is 0.170 e. The quantitative estimate of drug-likeness (QED) is 0.887. The highest BCUT2D eigenvalue weighted by molar-refractivity contribution is 6.14. The van der Waals surface area contributed by atoms with E-state index in [4.69, 9.17) is 0 Å². The second kappa shape index (κ2) is 4.98. The van der Waals surface area contributed by atoms with Crippen LogP contribution >= 0.6 is 0 Å². The maximum absolute atomic E-state index is 10.1. The Morgan fingerprint density at radius 3 is 2.62 bits per heavy atom. The molecule has 21 heavy (non-hydrogen) atoms. The summed E-state index contributed by atoms with van der Waals surface area (Å²) in [5, 5.41) is 14.4. The van der Waals surface area contributed by atoms with Crippen LogP contribution in [0.3, 0.4) is 0 Å². The second-order valence-corrected chi connectivity index (χ2v) is 5.07. The minimum Gasteiger partial charge on any atom is -0.507 e. The van der Waals surface area contributed by atoms with Crippen molar-refractivity contribution in [3.8, 4) is 5.75 Å². The van der Waals surface area contributed by atoms with Gasteiger partial charge in [-0.1, -0.05) is 30.8 Å². The highest BCUT2D eigenvalue weighted by Gasteiger charge is 2.27. The lowest BCUT2D eigenvalue weighted by Crippen LogP contribution is -2.28. The van der Waals surface area contributed by atoms with E-state index in [0.717, 1.165) is 11.3 Å². The van der Waals surface area contributed by atoms with E-state index in [1.165, 1.54) is 5.56 Å². The Balaban J connectivity index is 2.13. The zero-order valence-electron chi connectivity index (χ0n) is 12.1. The van der Waals surface area contributed by atoms with Gasteiger partial charge in [-0.15, -0.1) is 0 Å². The first-order valence-corrected chi connectivity index (χ1v) is 6.77. The third kappa shape index (κ3) is 2.14. The standard InChI is InChI=1S/C17H17N3O/c1-11-7-6-9-15(12(11)2)20-13(3)18-19-17(20)14-8-4-5-10-16(14)21/h4-10,18,21H,3H2,1-2H3. The zero-order valence-corrected chi connectivity index (χ0v) is 12.1. The summed E-state index contributed by atoms with van der Waals surface area (Å²) >= 11 is 0. The number of hydrogen-bond acceptors (Lipinski definition) is 4. The molecule has 3 rings (SSSR count). The molecule has 0 spiro atoms. The molecular weight excluding hydrogens is 262 g/mol. The number of anilines is 1. The third-order valence-corrected chi connectivity index (χ3v) is 3.73. The molecule has 0 saturated carbocycles. The van der Waals surface area contributed by atoms with Gasteiger partial charge in [0.15, 0.2) is 5.84 Å². The molecule has 0 amide bonds. The van der Waals surface area contributed by atoms with Crippen molar-refractivity contribution < 1.29 is 5.11 Å². The van der Waals surface area contributed by atoms with Crippen molar-refractivity contribution in [2.75, 3.05) is 4.90 Å². The lowest BCUT2D eigenvalue weighted by Gasteiger charge is -2.23. The highest BCUT2D eigenvalue weighted by Crippen LogP contribution is 2.31. The largest absolute Gasteiger partial charge is 0.507 e. The molecule has 0 atom stereocenters. The Morgan fingerprint density at radius 2 is 1.86 bits per heavy atom. The molecule has 0 aromatic heterocycles. The van der Waals surface area contributed by atoms with Crippen LogP contribution < -0.4 is 10.3 Å². The molecule has 2 N–H and O–H groups in total. The van der Waals surface area contributed by atoms with Crippen molar-refractivity contribution in [2.45, 2.75) is 13.8 Å². The van der Waals surface area contributed by atoms with Gasteiger partial charge in [0.1, 0.15) is 11.6 Å². The molecule has 0 radical (unpaired) electrons. The third-order valence-electron chi connectivity index (χ3n) is 3.73. The summed E-state index contributed by atoms with van der Waals surface area (Å²) in [6.45, 7) is 8.15. The van der Waals surface area contributed by atoms with E-state index in [2.05, 4.69) is 37.0 Å². The number of nitrogens with zero attached hydrogens (tertiary/aromatic N) is 2. The van der Waals surface area contributed by atoms with Gasteiger partial charge in [-0.3, -0.25) is 10.3 Å². The van der Waals surface area contributed by atoms with Gasteiger partial charge in [0, 0.05) is 0 Å². The number of aromatic hydroxyl groups is 1. The van der Waals surface area contributed by atoms with Gasteiger partial charge in [-0.25, -0.2) is 0 Å². The van der Waals surface area contributed by atoms with Gasteiger partial charge in [-0.05, 0) is 43.2 Å². The van der Waals surface area contributed by atoms with Crippen LogP contribution in [0.2, 0.25) is 0 Å². The van der Waals surface area contributed by atoms with E-state index >= 15 is 0 Å². The van der Waals surface area contributed by atoms with E-state index in [1.807, 2.05) is 29.2 Å². The lowest BCUT2D eigenvalue weighted by molar-refractivity contribution is 0.474. The number of hydrogen-bond donors (Lipinski definition) is 2. The number of para-hydroxylation sites is 1. The Hall–Kier alpha value is -2.75. The predicted molar refractivity (Wildman–Crippen MR) is 85.3 cm³/mol. The number of benzene rings is 2. The summed E-state index contributed by atoms with van der Waals surface area (Å²) in [6.07, 6.45) is 0. The second-order valence-electron chi connectivity index (χ2n) is 5.07. The normalized spacial score (nSPS) is 14.1. The molecular formula is C17H17N3O. The molecule has 106 valence electrons. The Morgan fingerprint density at radius 1 is 1.10 bits per heavy atom. The van der Waals surface area contributed by atoms with Gasteiger partial charge in [0.25, 0.3) is 0 Å². The van der Waals surface area contributed by atoms with E-state index in [1.54, 1.807) is 12.1 Å². The van der Waals surface area contributed by atoms with Crippen LogP contribution in [0.4, 0.5) is 5.69 Å². The van der Waals surface area contributed by atoms with Crippen molar-refractivity contribution in [1.29, 1.82) is 0 Å². The van der Waals surface area contributed by atoms with E-state index < -0.39 is 0 Å².